The molecular formula is C28H36Cl2N2O. The van der Waals surface area contributed by atoms with Crippen molar-refractivity contribution in [1.29, 1.82) is 0 Å². The SMILES string of the molecule is Cl.Cl.c1ccc(CCCN2CCN(CCCc3ccccc3Oc3ccccc3)CC2)cc1. The van der Waals surface area contributed by atoms with Crippen LogP contribution < -0.4 is 4.74 Å². The lowest BCUT2D eigenvalue weighted by molar-refractivity contribution is 0.130. The first kappa shape index (κ1) is 27.2. The minimum absolute atomic E-state index is 0. The molecule has 1 aliphatic heterocycles. The van der Waals surface area contributed by atoms with Crippen molar-refractivity contribution in [3.05, 3.63) is 96.1 Å². The lowest BCUT2D eigenvalue weighted by atomic mass is 10.1. The largest absolute Gasteiger partial charge is 0.457 e. The van der Waals surface area contributed by atoms with Gasteiger partial charge in [-0.1, -0.05) is 66.7 Å². The second-order valence-corrected chi connectivity index (χ2v) is 8.40. The summed E-state index contributed by atoms with van der Waals surface area (Å²) in [5.41, 5.74) is 2.75. The van der Waals surface area contributed by atoms with Crippen LogP contribution >= 0.6 is 24.8 Å². The van der Waals surface area contributed by atoms with E-state index in [1.807, 2.05) is 30.3 Å². The Kier molecular flexibility index (Phi) is 12.3. The van der Waals surface area contributed by atoms with Gasteiger partial charge in [0.15, 0.2) is 0 Å². The molecule has 178 valence electrons. The molecule has 0 spiro atoms. The maximum atomic E-state index is 6.12. The molecule has 5 heteroatoms. The fourth-order valence-corrected chi connectivity index (χ4v) is 4.31. The zero-order valence-corrected chi connectivity index (χ0v) is 20.9. The van der Waals surface area contributed by atoms with Crippen molar-refractivity contribution in [1.82, 2.24) is 9.80 Å². The average Bonchev–Trinajstić information content (AvgIpc) is 2.83. The van der Waals surface area contributed by atoms with E-state index in [0.717, 1.165) is 24.5 Å². The van der Waals surface area contributed by atoms with Crippen molar-refractivity contribution in [2.75, 3.05) is 39.3 Å². The number of para-hydroxylation sites is 2. The van der Waals surface area contributed by atoms with Crippen LogP contribution in [0, 0.1) is 0 Å². The summed E-state index contributed by atoms with van der Waals surface area (Å²) in [6.07, 6.45) is 4.66. The van der Waals surface area contributed by atoms with Crippen LogP contribution in [0.15, 0.2) is 84.9 Å². The Balaban J connectivity index is 0.00000193. The van der Waals surface area contributed by atoms with Crippen LogP contribution in [0.5, 0.6) is 11.5 Å². The molecule has 0 amide bonds. The van der Waals surface area contributed by atoms with Gasteiger partial charge in [-0.25, -0.2) is 0 Å². The summed E-state index contributed by atoms with van der Waals surface area (Å²) in [6.45, 7) is 7.15. The van der Waals surface area contributed by atoms with Gasteiger partial charge in [0.05, 0.1) is 0 Å². The predicted octanol–water partition coefficient (Wildman–Crippen LogP) is 6.51. The highest BCUT2D eigenvalue weighted by molar-refractivity contribution is 5.85. The van der Waals surface area contributed by atoms with E-state index in [1.54, 1.807) is 0 Å². The summed E-state index contributed by atoms with van der Waals surface area (Å²) in [6, 6.07) is 29.4. The third kappa shape index (κ3) is 9.02. The van der Waals surface area contributed by atoms with E-state index < -0.39 is 0 Å². The van der Waals surface area contributed by atoms with Gasteiger partial charge < -0.3 is 14.5 Å². The summed E-state index contributed by atoms with van der Waals surface area (Å²) >= 11 is 0. The van der Waals surface area contributed by atoms with E-state index in [2.05, 4.69) is 64.4 Å². The van der Waals surface area contributed by atoms with Gasteiger partial charge in [-0.15, -0.1) is 24.8 Å². The first-order valence-electron chi connectivity index (χ1n) is 11.7. The number of aryl methyl sites for hydroxylation is 2. The van der Waals surface area contributed by atoms with Gasteiger partial charge in [-0.2, -0.15) is 0 Å². The third-order valence-electron chi connectivity index (χ3n) is 6.11. The minimum Gasteiger partial charge on any atom is -0.457 e. The van der Waals surface area contributed by atoms with Crippen molar-refractivity contribution < 1.29 is 4.74 Å². The number of ether oxygens (including phenoxy) is 1. The number of hydrogen-bond donors (Lipinski definition) is 0. The third-order valence-corrected chi connectivity index (χ3v) is 6.11. The summed E-state index contributed by atoms with van der Waals surface area (Å²) in [4.78, 5) is 5.25. The van der Waals surface area contributed by atoms with Gasteiger partial charge in [0.2, 0.25) is 0 Å². The second-order valence-electron chi connectivity index (χ2n) is 8.40. The molecule has 3 aromatic carbocycles. The highest BCUT2D eigenvalue weighted by atomic mass is 35.5. The van der Waals surface area contributed by atoms with Crippen molar-refractivity contribution >= 4 is 24.8 Å². The first-order valence-corrected chi connectivity index (χ1v) is 11.7. The quantitative estimate of drug-likeness (QED) is 0.325. The molecule has 3 nitrogen and oxygen atoms in total. The Morgan fingerprint density at radius 1 is 0.576 bits per heavy atom. The summed E-state index contributed by atoms with van der Waals surface area (Å²) < 4.78 is 6.12. The van der Waals surface area contributed by atoms with E-state index in [9.17, 15) is 0 Å². The molecule has 33 heavy (non-hydrogen) atoms. The number of piperazine rings is 1. The molecule has 4 rings (SSSR count). The Labute approximate surface area is 211 Å². The fourth-order valence-electron chi connectivity index (χ4n) is 4.31. The molecule has 0 aliphatic carbocycles. The maximum absolute atomic E-state index is 6.12. The van der Waals surface area contributed by atoms with Crippen molar-refractivity contribution in [2.45, 2.75) is 25.7 Å². The van der Waals surface area contributed by atoms with Crippen LogP contribution in [0.1, 0.15) is 24.0 Å². The molecule has 0 aromatic heterocycles. The van der Waals surface area contributed by atoms with Gasteiger partial charge in [0.1, 0.15) is 11.5 Å². The zero-order valence-electron chi connectivity index (χ0n) is 19.3. The van der Waals surface area contributed by atoms with Crippen LogP contribution in [-0.4, -0.2) is 49.1 Å². The number of benzene rings is 3. The summed E-state index contributed by atoms with van der Waals surface area (Å²) in [5.74, 6) is 1.88. The Morgan fingerprint density at radius 3 is 1.73 bits per heavy atom. The molecule has 0 atom stereocenters. The standard InChI is InChI=1S/C28H34N2O.2ClH/c1-3-11-25(12-4-1)13-9-19-29-21-23-30(24-22-29)20-10-15-26-14-7-8-18-28(26)31-27-16-5-2-6-17-27;;/h1-8,11-12,14,16-18H,9-10,13,15,19-24H2;2*1H. The van der Waals surface area contributed by atoms with Gasteiger partial charge >= 0.3 is 0 Å². The molecule has 1 heterocycles. The number of hydrogen-bond acceptors (Lipinski definition) is 3. The van der Waals surface area contributed by atoms with E-state index in [1.165, 1.54) is 63.1 Å². The van der Waals surface area contributed by atoms with E-state index in [0.29, 0.717) is 0 Å². The number of rotatable bonds is 10. The Bertz CT molecular complexity index is 900. The van der Waals surface area contributed by atoms with Gasteiger partial charge in [-0.05, 0) is 68.1 Å². The highest BCUT2D eigenvalue weighted by Crippen LogP contribution is 2.26. The maximum Gasteiger partial charge on any atom is 0.130 e. The highest BCUT2D eigenvalue weighted by Gasteiger charge is 2.16. The van der Waals surface area contributed by atoms with Crippen molar-refractivity contribution in [3.63, 3.8) is 0 Å². The molecule has 0 saturated carbocycles. The average molecular weight is 488 g/mol. The molecular weight excluding hydrogens is 451 g/mol. The van der Waals surface area contributed by atoms with Gasteiger partial charge in [0.25, 0.3) is 0 Å². The molecule has 0 radical (unpaired) electrons. The molecule has 0 unspecified atom stereocenters. The van der Waals surface area contributed by atoms with Crippen LogP contribution in [0.2, 0.25) is 0 Å². The van der Waals surface area contributed by atoms with Crippen LogP contribution in [0.3, 0.4) is 0 Å². The first-order chi connectivity index (χ1) is 15.4. The van der Waals surface area contributed by atoms with E-state index in [-0.39, 0.29) is 24.8 Å². The predicted molar refractivity (Wildman–Crippen MR) is 143 cm³/mol. The molecule has 3 aromatic rings. The fraction of sp³-hybridized carbons (Fsp3) is 0.357. The van der Waals surface area contributed by atoms with Gasteiger partial charge in [-0.3, -0.25) is 0 Å². The molecule has 1 saturated heterocycles. The van der Waals surface area contributed by atoms with Crippen molar-refractivity contribution in [3.8, 4) is 11.5 Å². The molecule has 0 bridgehead atoms. The monoisotopic (exact) mass is 486 g/mol. The zero-order chi connectivity index (χ0) is 21.1. The lowest BCUT2D eigenvalue weighted by Gasteiger charge is -2.34. The normalized spacial score (nSPS) is 14.2. The van der Waals surface area contributed by atoms with E-state index >= 15 is 0 Å². The van der Waals surface area contributed by atoms with Crippen LogP contribution in [0.25, 0.3) is 0 Å². The van der Waals surface area contributed by atoms with Gasteiger partial charge in [0, 0.05) is 26.2 Å². The number of halogens is 2. The molecule has 0 N–H and O–H groups in total. The lowest BCUT2D eigenvalue weighted by Crippen LogP contribution is -2.46. The van der Waals surface area contributed by atoms with Crippen molar-refractivity contribution in [2.24, 2.45) is 0 Å². The summed E-state index contributed by atoms with van der Waals surface area (Å²) in [7, 11) is 0. The Hall–Kier alpha value is -2.04. The molecule has 1 aliphatic rings. The summed E-state index contributed by atoms with van der Waals surface area (Å²) in [5, 5.41) is 0. The van der Waals surface area contributed by atoms with Crippen LogP contribution in [0.4, 0.5) is 0 Å². The second kappa shape index (κ2) is 15.0. The minimum atomic E-state index is 0. The smallest absolute Gasteiger partial charge is 0.130 e. The van der Waals surface area contributed by atoms with E-state index in [4.69, 9.17) is 4.74 Å². The Morgan fingerprint density at radius 2 is 1.09 bits per heavy atom. The van der Waals surface area contributed by atoms with Crippen LogP contribution in [-0.2, 0) is 12.8 Å². The number of nitrogens with zero attached hydrogens (tertiary/aromatic N) is 2. The molecule has 1 fully saturated rings. The topological polar surface area (TPSA) is 15.7 Å².